The van der Waals surface area contributed by atoms with Gasteiger partial charge >= 0.3 is 0 Å². The lowest BCUT2D eigenvalue weighted by Gasteiger charge is -2.43. The van der Waals surface area contributed by atoms with Crippen LogP contribution < -0.4 is 4.74 Å². The number of carbonyl (C=O) groups excluding carboxylic acids is 1. The first-order valence-electron chi connectivity index (χ1n) is 13.1. The number of amides is 1. The number of hydrogen-bond donors (Lipinski definition) is 0. The molecule has 3 heterocycles. The maximum Gasteiger partial charge on any atom is 0.223 e. The monoisotopic (exact) mass is 513 g/mol. The van der Waals surface area contributed by atoms with Crippen LogP contribution in [0.25, 0.3) is 0 Å². The second kappa shape index (κ2) is 11.9. The lowest BCUT2D eigenvalue weighted by atomic mass is 9.77. The first-order chi connectivity index (χ1) is 17.2. The second-order valence-electron chi connectivity index (χ2n) is 11.0. The molecule has 4 rings (SSSR count). The largest absolute Gasteiger partial charge is 0.493 e. The number of halogens is 1. The van der Waals surface area contributed by atoms with Crippen LogP contribution in [0.15, 0.2) is 30.6 Å². The van der Waals surface area contributed by atoms with E-state index in [1.165, 1.54) is 0 Å². The molecule has 0 spiro atoms. The maximum atomic E-state index is 13.5. The normalized spacial score (nSPS) is 21.7. The summed E-state index contributed by atoms with van der Waals surface area (Å²) in [5.41, 5.74) is 1.85. The summed E-state index contributed by atoms with van der Waals surface area (Å²) in [5.74, 6) is 2.23. The van der Waals surface area contributed by atoms with Crippen molar-refractivity contribution in [3.63, 3.8) is 0 Å². The molecule has 1 aromatic carbocycles. The van der Waals surface area contributed by atoms with Crippen LogP contribution in [0.3, 0.4) is 0 Å². The summed E-state index contributed by atoms with van der Waals surface area (Å²) in [7, 11) is 2.11. The fourth-order valence-corrected chi connectivity index (χ4v) is 5.31. The molecule has 2 aliphatic rings. The van der Waals surface area contributed by atoms with Gasteiger partial charge in [0.15, 0.2) is 0 Å². The Bertz CT molecular complexity index is 1020. The first-order valence-corrected chi connectivity index (χ1v) is 13.5. The van der Waals surface area contributed by atoms with Gasteiger partial charge < -0.3 is 14.5 Å². The van der Waals surface area contributed by atoms with E-state index in [0.717, 1.165) is 86.4 Å². The molecule has 8 heteroatoms. The van der Waals surface area contributed by atoms with E-state index in [-0.39, 0.29) is 11.3 Å². The number of likely N-dealkylation sites (tertiary alicyclic amines) is 1. The van der Waals surface area contributed by atoms with Crippen LogP contribution in [-0.2, 0) is 11.3 Å². The van der Waals surface area contributed by atoms with Crippen LogP contribution in [0, 0.1) is 12.3 Å². The second-order valence-corrected chi connectivity index (χ2v) is 11.4. The number of aryl methyl sites for hydroxylation is 1. The predicted octanol–water partition coefficient (Wildman–Crippen LogP) is 4.39. The van der Waals surface area contributed by atoms with Crippen molar-refractivity contribution >= 4 is 17.5 Å². The van der Waals surface area contributed by atoms with Crippen LogP contribution in [-0.4, -0.2) is 83.5 Å². The minimum absolute atomic E-state index is 0.241. The van der Waals surface area contributed by atoms with Crippen LogP contribution in [0.5, 0.6) is 5.75 Å². The molecule has 2 saturated heterocycles. The molecule has 7 nitrogen and oxygen atoms in total. The fourth-order valence-electron chi connectivity index (χ4n) is 5.19. The third kappa shape index (κ3) is 6.96. The number of piperazine rings is 1. The maximum absolute atomic E-state index is 13.5. The van der Waals surface area contributed by atoms with Gasteiger partial charge in [-0.15, -0.1) is 0 Å². The Balaban J connectivity index is 1.48. The van der Waals surface area contributed by atoms with Gasteiger partial charge in [-0.05, 0) is 57.1 Å². The number of carbonyl (C=O) groups is 1. The third-order valence-corrected chi connectivity index (χ3v) is 7.87. The number of ether oxygens (including phenoxy) is 1. The zero-order chi connectivity index (χ0) is 25.7. The number of aromatic nitrogens is 2. The Morgan fingerprint density at radius 2 is 1.86 bits per heavy atom. The zero-order valence-electron chi connectivity index (χ0n) is 22.2. The van der Waals surface area contributed by atoms with Crippen molar-refractivity contribution in [3.05, 3.63) is 52.6 Å². The zero-order valence-corrected chi connectivity index (χ0v) is 22.9. The average molecular weight is 514 g/mol. The van der Waals surface area contributed by atoms with E-state index < -0.39 is 0 Å². The summed E-state index contributed by atoms with van der Waals surface area (Å²) in [6, 6.07) is 5.77. The van der Waals surface area contributed by atoms with Gasteiger partial charge in [-0.25, -0.2) is 9.97 Å². The summed E-state index contributed by atoms with van der Waals surface area (Å²) in [6.45, 7) is 12.7. The van der Waals surface area contributed by atoms with E-state index >= 15 is 0 Å². The molecule has 2 aliphatic heterocycles. The number of nitrogens with zero attached hydrogens (tertiary/aromatic N) is 5. The van der Waals surface area contributed by atoms with Crippen molar-refractivity contribution in [2.75, 3.05) is 52.9 Å². The Morgan fingerprint density at radius 3 is 2.53 bits per heavy atom. The van der Waals surface area contributed by atoms with E-state index in [0.29, 0.717) is 18.9 Å². The highest BCUT2D eigenvalue weighted by molar-refractivity contribution is 6.31. The van der Waals surface area contributed by atoms with Gasteiger partial charge in [-0.1, -0.05) is 25.4 Å². The van der Waals surface area contributed by atoms with E-state index in [4.69, 9.17) is 16.3 Å². The summed E-state index contributed by atoms with van der Waals surface area (Å²) in [6.07, 6.45) is 6.40. The van der Waals surface area contributed by atoms with Crippen LogP contribution in [0.2, 0.25) is 5.02 Å². The third-order valence-electron chi connectivity index (χ3n) is 7.44. The molecule has 36 heavy (non-hydrogen) atoms. The quantitative estimate of drug-likeness (QED) is 0.522. The van der Waals surface area contributed by atoms with Crippen LogP contribution >= 0.6 is 11.6 Å². The van der Waals surface area contributed by atoms with E-state index in [1.807, 2.05) is 42.4 Å². The SMILES string of the molecule is Cc1cc(OC[C@]2(CC(=O)N3CCN(C)CC3)CCCN(Cc3cnc(C(C)C)nc3)C2)ccc1Cl. The van der Waals surface area contributed by atoms with Crippen molar-refractivity contribution in [2.45, 2.75) is 52.5 Å². The van der Waals surface area contributed by atoms with Gasteiger partial charge in [0, 0.05) is 80.0 Å². The van der Waals surface area contributed by atoms with Gasteiger partial charge in [-0.2, -0.15) is 0 Å². The molecule has 0 saturated carbocycles. The standard InChI is InChI=1S/C28H40ClN5O2/c1-21(2)27-30-16-23(17-31-27)18-33-9-5-8-28(19-33,15-26(35)34-12-10-32(4)11-13-34)20-36-24-6-7-25(29)22(3)14-24/h6-7,14,16-17,21H,5,8-13,15,18-20H2,1-4H3/t28-/m0/s1. The van der Waals surface area contributed by atoms with Gasteiger partial charge in [0.05, 0.1) is 6.61 Å². The summed E-state index contributed by atoms with van der Waals surface area (Å²) >= 11 is 6.22. The lowest BCUT2D eigenvalue weighted by Crippen LogP contribution is -2.52. The molecule has 0 aliphatic carbocycles. The number of rotatable bonds is 8. The van der Waals surface area contributed by atoms with Gasteiger partial charge in [0.1, 0.15) is 11.6 Å². The number of benzene rings is 1. The average Bonchev–Trinajstić information content (AvgIpc) is 2.86. The molecule has 0 radical (unpaired) electrons. The van der Waals surface area contributed by atoms with Crippen molar-refractivity contribution in [2.24, 2.45) is 5.41 Å². The van der Waals surface area contributed by atoms with Crippen LogP contribution in [0.1, 0.15) is 56.0 Å². The molecule has 1 atom stereocenters. The number of likely N-dealkylation sites (N-methyl/N-ethyl adjacent to an activating group) is 1. The van der Waals surface area contributed by atoms with E-state index in [9.17, 15) is 4.79 Å². The minimum atomic E-state index is -0.245. The van der Waals surface area contributed by atoms with Crippen molar-refractivity contribution < 1.29 is 9.53 Å². The van der Waals surface area contributed by atoms with Crippen molar-refractivity contribution in [3.8, 4) is 5.75 Å². The van der Waals surface area contributed by atoms with Crippen molar-refractivity contribution in [1.82, 2.24) is 24.7 Å². The van der Waals surface area contributed by atoms with Gasteiger partial charge in [-0.3, -0.25) is 9.69 Å². The molecule has 2 aromatic rings. The summed E-state index contributed by atoms with van der Waals surface area (Å²) in [5, 5.41) is 0.733. The summed E-state index contributed by atoms with van der Waals surface area (Å²) < 4.78 is 6.34. The Hall–Kier alpha value is -2.22. The smallest absolute Gasteiger partial charge is 0.223 e. The highest BCUT2D eigenvalue weighted by Crippen LogP contribution is 2.36. The predicted molar refractivity (Wildman–Crippen MR) is 143 cm³/mol. The number of piperidine rings is 1. The molecular weight excluding hydrogens is 474 g/mol. The molecule has 196 valence electrons. The lowest BCUT2D eigenvalue weighted by molar-refractivity contribution is -0.137. The highest BCUT2D eigenvalue weighted by Gasteiger charge is 2.40. The van der Waals surface area contributed by atoms with Gasteiger partial charge in [0.2, 0.25) is 5.91 Å². The number of hydrogen-bond acceptors (Lipinski definition) is 6. The molecule has 1 amide bonds. The molecule has 1 aromatic heterocycles. The molecular formula is C28H40ClN5O2. The molecule has 0 bridgehead atoms. The highest BCUT2D eigenvalue weighted by atomic mass is 35.5. The van der Waals surface area contributed by atoms with E-state index in [2.05, 4.69) is 40.7 Å². The first kappa shape index (κ1) is 26.8. The minimum Gasteiger partial charge on any atom is -0.493 e. The molecule has 0 N–H and O–H groups in total. The van der Waals surface area contributed by atoms with Gasteiger partial charge in [0.25, 0.3) is 0 Å². The van der Waals surface area contributed by atoms with E-state index in [1.54, 1.807) is 0 Å². The Kier molecular flexibility index (Phi) is 8.86. The topological polar surface area (TPSA) is 61.8 Å². The molecule has 2 fully saturated rings. The Labute approximate surface area is 220 Å². The van der Waals surface area contributed by atoms with Crippen molar-refractivity contribution in [1.29, 1.82) is 0 Å². The fraction of sp³-hybridized carbons (Fsp3) is 0.607. The summed E-state index contributed by atoms with van der Waals surface area (Å²) in [4.78, 5) is 29.3. The van der Waals surface area contributed by atoms with Crippen LogP contribution in [0.4, 0.5) is 0 Å². The Morgan fingerprint density at radius 1 is 1.14 bits per heavy atom. The molecule has 0 unspecified atom stereocenters.